The maximum absolute atomic E-state index is 10.9. The number of nitrogens with zero attached hydrogens (tertiary/aromatic N) is 2. The molecule has 16 heavy (non-hydrogen) atoms. The average molecular weight is 282 g/mol. The van der Waals surface area contributed by atoms with Crippen molar-refractivity contribution in [3.8, 4) is 0 Å². The van der Waals surface area contributed by atoms with Crippen LogP contribution < -0.4 is 5.11 Å². The highest BCUT2D eigenvalue weighted by molar-refractivity contribution is 9.10. The van der Waals surface area contributed by atoms with Crippen molar-refractivity contribution in [1.29, 1.82) is 0 Å². The number of halogens is 1. The van der Waals surface area contributed by atoms with Crippen LogP contribution in [0.4, 0.5) is 0 Å². The first-order valence-corrected chi connectivity index (χ1v) is 5.76. The van der Waals surface area contributed by atoms with E-state index < -0.39 is 11.9 Å². The Morgan fingerprint density at radius 2 is 2.31 bits per heavy atom. The fraction of sp³-hybridized carbons (Fsp3) is 0.273. The van der Waals surface area contributed by atoms with Crippen LogP contribution >= 0.6 is 15.9 Å². The molecule has 0 aliphatic heterocycles. The molecule has 0 spiro atoms. The number of pyridine rings is 1. The zero-order valence-corrected chi connectivity index (χ0v) is 10.3. The summed E-state index contributed by atoms with van der Waals surface area (Å²) in [6, 6.07) is 3.70. The van der Waals surface area contributed by atoms with Crippen molar-refractivity contribution in [2.45, 2.75) is 19.3 Å². The summed E-state index contributed by atoms with van der Waals surface area (Å²) in [6.07, 6.45) is 4.05. The van der Waals surface area contributed by atoms with Gasteiger partial charge in [-0.05, 0) is 34.5 Å². The topological polar surface area (TPSA) is 57.4 Å². The summed E-state index contributed by atoms with van der Waals surface area (Å²) < 4.78 is 2.72. The normalized spacial score (nSPS) is 12.9. The summed E-state index contributed by atoms with van der Waals surface area (Å²) >= 11 is 3.35. The Kier molecular flexibility index (Phi) is 2.96. The zero-order valence-electron chi connectivity index (χ0n) is 8.68. The van der Waals surface area contributed by atoms with Gasteiger partial charge in [0.2, 0.25) is 0 Å². The molecule has 0 aromatic carbocycles. The minimum absolute atomic E-state index is 0.480. The van der Waals surface area contributed by atoms with Gasteiger partial charge in [-0.15, -0.1) is 0 Å². The van der Waals surface area contributed by atoms with Crippen LogP contribution in [0.15, 0.2) is 29.0 Å². The molecule has 2 aromatic heterocycles. The van der Waals surface area contributed by atoms with Crippen LogP contribution in [0.25, 0.3) is 5.65 Å². The third kappa shape index (κ3) is 1.95. The molecule has 1 unspecified atom stereocenters. The Balaban J connectivity index is 2.49. The van der Waals surface area contributed by atoms with Crippen LogP contribution in [0, 0.1) is 0 Å². The van der Waals surface area contributed by atoms with E-state index in [0.717, 1.165) is 10.1 Å². The Labute approximate surface area is 101 Å². The molecule has 4 nitrogen and oxygen atoms in total. The van der Waals surface area contributed by atoms with Crippen LogP contribution in [-0.4, -0.2) is 15.4 Å². The summed E-state index contributed by atoms with van der Waals surface area (Å²) in [5, 5.41) is 10.9. The predicted molar refractivity (Wildman–Crippen MR) is 60.9 cm³/mol. The second kappa shape index (κ2) is 4.25. The number of fused-ring (bicyclic) bond motifs is 1. The lowest BCUT2D eigenvalue weighted by molar-refractivity contribution is -0.308. The number of aliphatic carboxylic acids is 1. The van der Waals surface area contributed by atoms with Crippen LogP contribution in [0.1, 0.15) is 25.0 Å². The maximum Gasteiger partial charge on any atom is 0.137 e. The van der Waals surface area contributed by atoms with Crippen molar-refractivity contribution < 1.29 is 9.90 Å². The number of imidazole rings is 1. The minimum Gasteiger partial charge on any atom is -0.549 e. The van der Waals surface area contributed by atoms with Gasteiger partial charge in [0.05, 0.1) is 11.7 Å². The minimum atomic E-state index is -1.08. The van der Waals surface area contributed by atoms with Crippen molar-refractivity contribution in [1.82, 2.24) is 9.38 Å². The van der Waals surface area contributed by atoms with Gasteiger partial charge in [0.15, 0.2) is 0 Å². The lowest BCUT2D eigenvalue weighted by Crippen LogP contribution is -2.29. The van der Waals surface area contributed by atoms with Crippen molar-refractivity contribution >= 4 is 27.5 Å². The number of carbonyl (C=O) groups excluding carboxylic acids is 1. The van der Waals surface area contributed by atoms with Gasteiger partial charge >= 0.3 is 0 Å². The van der Waals surface area contributed by atoms with E-state index in [1.54, 1.807) is 17.5 Å². The lowest BCUT2D eigenvalue weighted by Gasteiger charge is -2.12. The van der Waals surface area contributed by atoms with Crippen LogP contribution in [0.2, 0.25) is 0 Å². The van der Waals surface area contributed by atoms with E-state index in [-0.39, 0.29) is 0 Å². The fourth-order valence-electron chi connectivity index (χ4n) is 1.65. The maximum atomic E-state index is 10.9. The molecule has 1 atom stereocenters. The van der Waals surface area contributed by atoms with Crippen molar-refractivity contribution in [2.75, 3.05) is 0 Å². The van der Waals surface area contributed by atoms with E-state index in [9.17, 15) is 9.90 Å². The Morgan fingerprint density at radius 3 is 2.94 bits per heavy atom. The Morgan fingerprint density at radius 1 is 1.56 bits per heavy atom. The molecule has 0 amide bonds. The first-order chi connectivity index (χ1) is 7.61. The van der Waals surface area contributed by atoms with Gasteiger partial charge in [-0.3, -0.25) is 0 Å². The van der Waals surface area contributed by atoms with Gasteiger partial charge in [0.1, 0.15) is 5.65 Å². The first kappa shape index (κ1) is 11.1. The van der Waals surface area contributed by atoms with Crippen LogP contribution in [-0.2, 0) is 4.79 Å². The average Bonchev–Trinajstić information content (AvgIpc) is 2.60. The number of carbonyl (C=O) groups is 1. The quantitative estimate of drug-likeness (QED) is 0.853. The zero-order chi connectivity index (χ0) is 11.7. The molecule has 0 bridgehead atoms. The number of carboxylic acid groups (broad SMARTS) is 1. The van der Waals surface area contributed by atoms with E-state index in [2.05, 4.69) is 20.9 Å². The number of hydrogen-bond donors (Lipinski definition) is 0. The van der Waals surface area contributed by atoms with E-state index in [0.29, 0.717) is 12.1 Å². The van der Waals surface area contributed by atoms with Crippen LogP contribution in [0.3, 0.4) is 0 Å². The molecular weight excluding hydrogens is 272 g/mol. The Bertz CT molecular complexity index is 536. The van der Waals surface area contributed by atoms with Gasteiger partial charge in [-0.1, -0.05) is 6.92 Å². The van der Waals surface area contributed by atoms with Gasteiger partial charge in [0.25, 0.3) is 0 Å². The number of hydrogen-bond acceptors (Lipinski definition) is 3. The highest BCUT2D eigenvalue weighted by Crippen LogP contribution is 2.20. The SMILES string of the molecule is CCC(C(=O)[O-])c1cn2cc(Br)ccc2n1. The highest BCUT2D eigenvalue weighted by Gasteiger charge is 2.14. The molecule has 0 aliphatic carbocycles. The smallest absolute Gasteiger partial charge is 0.137 e. The van der Waals surface area contributed by atoms with E-state index >= 15 is 0 Å². The second-order valence-corrected chi connectivity index (χ2v) is 4.47. The highest BCUT2D eigenvalue weighted by atomic mass is 79.9. The predicted octanol–water partition coefficient (Wildman–Crippen LogP) is 1.34. The lowest BCUT2D eigenvalue weighted by atomic mass is 10.0. The van der Waals surface area contributed by atoms with E-state index in [1.165, 1.54) is 0 Å². The van der Waals surface area contributed by atoms with Gasteiger partial charge < -0.3 is 14.3 Å². The standard InChI is InChI=1S/C11H11BrN2O2/c1-2-8(11(15)16)9-6-14-5-7(12)3-4-10(14)13-9/h3-6,8H,2H2,1H3,(H,15,16)/p-1. The third-order valence-electron chi connectivity index (χ3n) is 2.48. The van der Waals surface area contributed by atoms with Crippen molar-refractivity contribution in [2.24, 2.45) is 0 Å². The first-order valence-electron chi connectivity index (χ1n) is 4.97. The summed E-state index contributed by atoms with van der Waals surface area (Å²) in [4.78, 5) is 15.2. The molecule has 0 saturated heterocycles. The van der Waals surface area contributed by atoms with Gasteiger partial charge in [-0.2, -0.15) is 0 Å². The third-order valence-corrected chi connectivity index (χ3v) is 2.95. The molecule has 2 rings (SSSR count). The molecule has 0 N–H and O–H groups in total. The largest absolute Gasteiger partial charge is 0.549 e. The van der Waals surface area contributed by atoms with Gasteiger partial charge in [-0.25, -0.2) is 4.98 Å². The van der Waals surface area contributed by atoms with E-state index in [4.69, 9.17) is 0 Å². The summed E-state index contributed by atoms with van der Waals surface area (Å²) in [5.74, 6) is -1.72. The summed E-state index contributed by atoms with van der Waals surface area (Å²) in [7, 11) is 0. The summed E-state index contributed by atoms with van der Waals surface area (Å²) in [5.41, 5.74) is 1.28. The molecule has 0 radical (unpaired) electrons. The molecule has 5 heteroatoms. The van der Waals surface area contributed by atoms with E-state index in [1.807, 2.05) is 18.3 Å². The molecule has 2 aromatic rings. The van der Waals surface area contributed by atoms with Crippen molar-refractivity contribution in [3.05, 3.63) is 34.7 Å². The number of carboxylic acids is 1. The monoisotopic (exact) mass is 281 g/mol. The number of aromatic nitrogens is 2. The molecule has 84 valence electrons. The summed E-state index contributed by atoms with van der Waals surface area (Å²) in [6.45, 7) is 1.81. The van der Waals surface area contributed by atoms with Gasteiger partial charge in [0, 0.05) is 22.8 Å². The molecule has 0 saturated carbocycles. The fourth-order valence-corrected chi connectivity index (χ4v) is 2.00. The number of rotatable bonds is 3. The molecule has 0 aliphatic rings. The van der Waals surface area contributed by atoms with Crippen molar-refractivity contribution in [3.63, 3.8) is 0 Å². The Hall–Kier alpha value is -1.36. The molecule has 2 heterocycles. The molecule has 0 fully saturated rings. The van der Waals surface area contributed by atoms with Crippen LogP contribution in [0.5, 0.6) is 0 Å². The second-order valence-electron chi connectivity index (χ2n) is 3.56. The molecular formula is C11H10BrN2O2-.